The lowest BCUT2D eigenvalue weighted by molar-refractivity contribution is -0.173. The maximum Gasteiger partial charge on any atom is 0.338 e. The van der Waals surface area contributed by atoms with Gasteiger partial charge in [-0.15, -0.1) is 0 Å². The Hall–Kier alpha value is -0.920. The molecular weight excluding hydrogens is 396 g/mol. The highest BCUT2D eigenvalue weighted by Crippen LogP contribution is 2.17. The van der Waals surface area contributed by atoms with E-state index < -0.39 is 18.2 Å². The van der Waals surface area contributed by atoms with E-state index >= 15 is 0 Å². The highest BCUT2D eigenvalue weighted by molar-refractivity contribution is 9.24. The van der Waals surface area contributed by atoms with E-state index in [9.17, 15) is 9.59 Å². The predicted molar refractivity (Wildman–Crippen MR) is 79.9 cm³/mol. The predicted octanol–water partition coefficient (Wildman–Crippen LogP) is 2.87. The molecule has 20 heavy (non-hydrogen) atoms. The van der Waals surface area contributed by atoms with Gasteiger partial charge in [0.25, 0.3) is 0 Å². The van der Waals surface area contributed by atoms with Crippen molar-refractivity contribution in [3.63, 3.8) is 0 Å². The minimum absolute atomic E-state index is 0.0677. The summed E-state index contributed by atoms with van der Waals surface area (Å²) < 4.78 is 14.9. The van der Waals surface area contributed by atoms with Crippen molar-refractivity contribution in [2.75, 3.05) is 13.2 Å². The highest BCUT2D eigenvalue weighted by atomic mass is 79.9. The molecule has 0 saturated carbocycles. The monoisotopic (exact) mass is 408 g/mol. The first kappa shape index (κ1) is 17.1. The van der Waals surface area contributed by atoms with Crippen molar-refractivity contribution in [1.82, 2.24) is 0 Å². The van der Waals surface area contributed by atoms with E-state index in [1.54, 1.807) is 24.3 Å². The van der Waals surface area contributed by atoms with Crippen LogP contribution in [-0.4, -0.2) is 35.2 Å². The van der Waals surface area contributed by atoms with E-state index in [1.165, 1.54) is 6.92 Å². The number of esters is 2. The summed E-state index contributed by atoms with van der Waals surface area (Å²) in [6.45, 7) is 1.47. The normalized spacial score (nSPS) is 12.0. The lowest BCUT2D eigenvalue weighted by Crippen LogP contribution is -2.27. The summed E-state index contributed by atoms with van der Waals surface area (Å²) in [4.78, 5) is 22.5. The Bertz CT molecular complexity index is 436. The number of hydrogen-bond donors (Lipinski definition) is 0. The smallest absolute Gasteiger partial charge is 0.338 e. The third kappa shape index (κ3) is 6.49. The molecule has 0 amide bonds. The number of rotatable bonds is 7. The molecule has 1 aromatic rings. The lowest BCUT2D eigenvalue weighted by atomic mass is 10.2. The summed E-state index contributed by atoms with van der Waals surface area (Å²) in [5.41, 5.74) is 0.475. The average molecular weight is 410 g/mol. The van der Waals surface area contributed by atoms with Gasteiger partial charge < -0.3 is 14.2 Å². The number of halogens is 2. The van der Waals surface area contributed by atoms with E-state index in [-0.39, 0.29) is 17.0 Å². The van der Waals surface area contributed by atoms with Gasteiger partial charge in [-0.25, -0.2) is 4.79 Å². The average Bonchev–Trinajstić information content (AvgIpc) is 2.42. The number of ether oxygens (including phenoxy) is 3. The van der Waals surface area contributed by atoms with Gasteiger partial charge in [-0.3, -0.25) is 4.79 Å². The molecule has 1 atom stereocenters. The van der Waals surface area contributed by atoms with Crippen LogP contribution in [0.3, 0.4) is 0 Å². The van der Waals surface area contributed by atoms with Crippen molar-refractivity contribution in [3.8, 4) is 0 Å². The highest BCUT2D eigenvalue weighted by Gasteiger charge is 2.20. The van der Waals surface area contributed by atoms with Crippen LogP contribution >= 0.6 is 31.9 Å². The minimum atomic E-state index is -0.789. The molecule has 0 bridgehead atoms. The van der Waals surface area contributed by atoms with E-state index in [4.69, 9.17) is 14.2 Å². The SMILES string of the molecule is CC(=O)OC(OCCOC(=O)c1ccccc1)C(Br)Br. The van der Waals surface area contributed by atoms with E-state index in [1.807, 2.05) is 6.07 Å². The summed E-state index contributed by atoms with van der Waals surface area (Å²) >= 11 is 6.39. The zero-order chi connectivity index (χ0) is 15.0. The van der Waals surface area contributed by atoms with Crippen LogP contribution in [0.4, 0.5) is 0 Å². The molecule has 0 aliphatic carbocycles. The van der Waals surface area contributed by atoms with E-state index in [0.717, 1.165) is 0 Å². The molecule has 0 aromatic heterocycles. The number of hydrogen-bond acceptors (Lipinski definition) is 5. The van der Waals surface area contributed by atoms with Crippen LogP contribution < -0.4 is 0 Å². The first-order valence-electron chi connectivity index (χ1n) is 5.80. The van der Waals surface area contributed by atoms with Crippen molar-refractivity contribution in [2.24, 2.45) is 0 Å². The van der Waals surface area contributed by atoms with Gasteiger partial charge in [-0.05, 0) is 12.1 Å². The van der Waals surface area contributed by atoms with E-state index in [2.05, 4.69) is 31.9 Å². The Labute approximate surface area is 133 Å². The summed E-state index contributed by atoms with van der Waals surface area (Å²) in [7, 11) is 0. The van der Waals surface area contributed by atoms with Crippen LogP contribution in [0.5, 0.6) is 0 Å². The fourth-order valence-electron chi connectivity index (χ4n) is 1.28. The summed E-state index contributed by atoms with van der Waals surface area (Å²) in [6, 6.07) is 8.65. The maximum atomic E-state index is 11.6. The van der Waals surface area contributed by atoms with Crippen molar-refractivity contribution >= 4 is 43.8 Å². The van der Waals surface area contributed by atoms with Gasteiger partial charge in [0.05, 0.1) is 12.2 Å². The summed E-state index contributed by atoms with van der Waals surface area (Å²) in [5, 5.41) is 0. The van der Waals surface area contributed by atoms with Crippen molar-refractivity contribution in [3.05, 3.63) is 35.9 Å². The van der Waals surface area contributed by atoms with Crippen molar-refractivity contribution < 1.29 is 23.8 Å². The van der Waals surface area contributed by atoms with Crippen molar-refractivity contribution in [2.45, 2.75) is 17.0 Å². The number of carbonyl (C=O) groups is 2. The lowest BCUT2D eigenvalue weighted by Gasteiger charge is -2.18. The van der Waals surface area contributed by atoms with Gasteiger partial charge in [0.1, 0.15) is 10.3 Å². The molecule has 0 N–H and O–H groups in total. The van der Waals surface area contributed by atoms with Crippen LogP contribution in [0.25, 0.3) is 0 Å². The molecule has 0 heterocycles. The quantitative estimate of drug-likeness (QED) is 0.300. The number of benzene rings is 1. The summed E-state index contributed by atoms with van der Waals surface area (Å²) in [5.74, 6) is -0.882. The first-order chi connectivity index (χ1) is 9.50. The molecule has 0 saturated heterocycles. The number of carbonyl (C=O) groups excluding carboxylic acids is 2. The van der Waals surface area contributed by atoms with Gasteiger partial charge in [0, 0.05) is 6.92 Å². The molecule has 0 radical (unpaired) electrons. The molecule has 1 unspecified atom stereocenters. The minimum Gasteiger partial charge on any atom is -0.460 e. The zero-order valence-corrected chi connectivity index (χ0v) is 13.9. The molecule has 0 fully saturated rings. The maximum absolute atomic E-state index is 11.6. The van der Waals surface area contributed by atoms with Gasteiger partial charge >= 0.3 is 11.9 Å². The second kappa shape index (κ2) is 9.10. The van der Waals surface area contributed by atoms with Gasteiger partial charge in [0.15, 0.2) is 0 Å². The Kier molecular flexibility index (Phi) is 7.79. The standard InChI is InChI=1S/C13H14Br2O5/c1-9(16)20-13(11(14)15)19-8-7-18-12(17)10-5-3-2-4-6-10/h2-6,11,13H,7-8H2,1H3. The van der Waals surface area contributed by atoms with Crippen LogP contribution in [0.1, 0.15) is 17.3 Å². The van der Waals surface area contributed by atoms with Gasteiger partial charge in [-0.2, -0.15) is 0 Å². The van der Waals surface area contributed by atoms with Crippen molar-refractivity contribution in [1.29, 1.82) is 0 Å². The molecule has 1 aromatic carbocycles. The Morgan fingerprint density at radius 3 is 2.35 bits per heavy atom. The zero-order valence-electron chi connectivity index (χ0n) is 10.8. The molecule has 110 valence electrons. The van der Waals surface area contributed by atoms with Crippen LogP contribution in [-0.2, 0) is 19.0 Å². The first-order valence-corrected chi connectivity index (χ1v) is 7.63. The fraction of sp³-hybridized carbons (Fsp3) is 0.385. The topological polar surface area (TPSA) is 61.8 Å². The van der Waals surface area contributed by atoms with Crippen LogP contribution in [0.2, 0.25) is 0 Å². The Morgan fingerprint density at radius 1 is 1.15 bits per heavy atom. The van der Waals surface area contributed by atoms with Gasteiger partial charge in [0.2, 0.25) is 6.29 Å². The molecule has 0 aliphatic heterocycles. The third-order valence-electron chi connectivity index (χ3n) is 2.10. The fourth-order valence-corrected chi connectivity index (χ4v) is 1.80. The second-order valence-electron chi connectivity index (χ2n) is 3.69. The second-order valence-corrected chi connectivity index (χ2v) is 6.89. The molecular formula is C13H14Br2O5. The molecule has 0 aliphatic rings. The third-order valence-corrected chi connectivity index (χ3v) is 2.96. The van der Waals surface area contributed by atoms with Crippen LogP contribution in [0.15, 0.2) is 30.3 Å². The largest absolute Gasteiger partial charge is 0.460 e. The molecule has 1 rings (SSSR count). The molecule has 7 heteroatoms. The molecule has 0 spiro atoms. The number of alkyl halides is 2. The van der Waals surface area contributed by atoms with Gasteiger partial charge in [-0.1, -0.05) is 50.1 Å². The Morgan fingerprint density at radius 2 is 1.80 bits per heavy atom. The molecule has 5 nitrogen and oxygen atoms in total. The van der Waals surface area contributed by atoms with Crippen LogP contribution in [0, 0.1) is 0 Å². The van der Waals surface area contributed by atoms with E-state index in [0.29, 0.717) is 5.56 Å². The summed E-state index contributed by atoms with van der Waals surface area (Å²) in [6.07, 6.45) is -0.789. The Balaban J connectivity index is 2.30.